The van der Waals surface area contributed by atoms with Gasteiger partial charge in [-0.05, 0) is 38.5 Å². The molecule has 0 aliphatic rings. The third kappa shape index (κ3) is 5.50. The molecule has 4 heteroatoms. The Hall–Kier alpha value is -1.81. The highest BCUT2D eigenvalue weighted by molar-refractivity contribution is 5.85. The second kappa shape index (κ2) is 6.21. The fraction of sp³-hybridized carbons (Fsp3) is 0.357. The second-order valence-electron chi connectivity index (χ2n) is 4.89. The highest BCUT2D eigenvalue weighted by atomic mass is 16.6. The lowest BCUT2D eigenvalue weighted by atomic mass is 10.2. The minimum atomic E-state index is -0.499. The van der Waals surface area contributed by atoms with Gasteiger partial charge in [-0.3, -0.25) is 5.32 Å². The van der Waals surface area contributed by atoms with Gasteiger partial charge in [0.2, 0.25) is 0 Å². The minimum absolute atomic E-state index is 0.456. The van der Waals surface area contributed by atoms with Crippen LogP contribution in [0.15, 0.2) is 30.3 Å². The average molecular weight is 248 g/mol. The van der Waals surface area contributed by atoms with Crippen molar-refractivity contribution in [3.05, 3.63) is 35.9 Å². The van der Waals surface area contributed by atoms with Gasteiger partial charge in [-0.2, -0.15) is 0 Å². The monoisotopic (exact) mass is 248 g/mol. The number of carbonyl (C=O) groups excluding carboxylic acids is 1. The van der Waals surface area contributed by atoms with E-state index >= 15 is 0 Å². The number of anilines is 1. The van der Waals surface area contributed by atoms with Crippen molar-refractivity contribution in [1.82, 2.24) is 0 Å². The first-order valence-electron chi connectivity index (χ1n) is 5.87. The lowest BCUT2D eigenvalue weighted by molar-refractivity contribution is 0.0636. The van der Waals surface area contributed by atoms with E-state index in [1.54, 1.807) is 0 Å². The van der Waals surface area contributed by atoms with Gasteiger partial charge in [0, 0.05) is 12.2 Å². The maximum atomic E-state index is 11.6. The molecule has 0 aliphatic carbocycles. The van der Waals surface area contributed by atoms with E-state index in [9.17, 15) is 4.79 Å². The molecule has 18 heavy (non-hydrogen) atoms. The van der Waals surface area contributed by atoms with Crippen molar-refractivity contribution in [2.75, 3.05) is 11.9 Å². The predicted molar refractivity (Wildman–Crippen MR) is 74.4 cm³/mol. The number of amides is 1. The first-order chi connectivity index (χ1) is 8.40. The van der Waals surface area contributed by atoms with Crippen LogP contribution >= 0.6 is 0 Å². The molecule has 0 unspecified atom stereocenters. The van der Waals surface area contributed by atoms with E-state index in [1.165, 1.54) is 0 Å². The maximum Gasteiger partial charge on any atom is 0.412 e. The zero-order valence-corrected chi connectivity index (χ0v) is 11.1. The molecule has 3 N–H and O–H groups in total. The van der Waals surface area contributed by atoms with Gasteiger partial charge in [-0.1, -0.05) is 24.3 Å². The summed E-state index contributed by atoms with van der Waals surface area (Å²) in [4.78, 5) is 11.6. The number of nitrogens with two attached hydrogens (primary N) is 1. The van der Waals surface area contributed by atoms with Gasteiger partial charge in [0.1, 0.15) is 5.60 Å². The fourth-order valence-electron chi connectivity index (χ4n) is 1.35. The molecule has 0 spiro atoms. The Kier molecular flexibility index (Phi) is 4.92. The Morgan fingerprint density at radius 2 is 2.17 bits per heavy atom. The van der Waals surface area contributed by atoms with Crippen molar-refractivity contribution in [1.29, 1.82) is 0 Å². The number of nitrogens with one attached hydrogen (secondary N) is 1. The number of ether oxygens (including phenoxy) is 1. The molecular formula is C14H20N2O2. The molecule has 1 aromatic carbocycles. The van der Waals surface area contributed by atoms with Crippen molar-refractivity contribution >= 4 is 17.9 Å². The third-order valence-corrected chi connectivity index (χ3v) is 1.98. The third-order valence-electron chi connectivity index (χ3n) is 1.98. The lowest BCUT2D eigenvalue weighted by Crippen LogP contribution is -2.27. The molecule has 0 saturated carbocycles. The molecule has 0 aromatic heterocycles. The van der Waals surface area contributed by atoms with E-state index in [-0.39, 0.29) is 0 Å². The van der Waals surface area contributed by atoms with Gasteiger partial charge in [0.05, 0.1) is 0 Å². The Morgan fingerprint density at radius 1 is 1.44 bits per heavy atom. The van der Waals surface area contributed by atoms with Crippen LogP contribution in [0.2, 0.25) is 0 Å². The maximum absolute atomic E-state index is 11.6. The number of carbonyl (C=O) groups is 1. The van der Waals surface area contributed by atoms with Crippen LogP contribution in [0.3, 0.4) is 0 Å². The van der Waals surface area contributed by atoms with Crippen LogP contribution in [0.25, 0.3) is 6.08 Å². The SMILES string of the molecule is CC(C)(C)OC(=O)Nc1cccc(C=CCN)c1. The summed E-state index contributed by atoms with van der Waals surface area (Å²) in [5, 5.41) is 2.69. The molecule has 1 amide bonds. The van der Waals surface area contributed by atoms with E-state index in [1.807, 2.05) is 57.2 Å². The highest BCUT2D eigenvalue weighted by Crippen LogP contribution is 2.14. The average Bonchev–Trinajstić information content (AvgIpc) is 2.24. The highest BCUT2D eigenvalue weighted by Gasteiger charge is 2.15. The van der Waals surface area contributed by atoms with Crippen molar-refractivity contribution in [3.8, 4) is 0 Å². The Balaban J connectivity index is 2.67. The zero-order chi connectivity index (χ0) is 13.6. The van der Waals surface area contributed by atoms with Crippen LogP contribution < -0.4 is 11.1 Å². The molecule has 0 radical (unpaired) electrons. The van der Waals surface area contributed by atoms with Gasteiger partial charge in [-0.15, -0.1) is 0 Å². The zero-order valence-electron chi connectivity index (χ0n) is 11.1. The standard InChI is InChI=1S/C14H20N2O2/c1-14(2,3)18-13(17)16-12-8-4-6-11(10-12)7-5-9-15/h4-8,10H,9,15H2,1-3H3,(H,16,17). The largest absolute Gasteiger partial charge is 0.444 e. The molecule has 1 aromatic rings. The summed E-state index contributed by atoms with van der Waals surface area (Å²) in [6.07, 6.45) is 3.30. The van der Waals surface area contributed by atoms with E-state index in [0.717, 1.165) is 5.56 Å². The normalized spacial score (nSPS) is 11.6. The fourth-order valence-corrected chi connectivity index (χ4v) is 1.35. The van der Waals surface area contributed by atoms with E-state index in [4.69, 9.17) is 10.5 Å². The molecule has 0 heterocycles. The predicted octanol–water partition coefficient (Wildman–Crippen LogP) is 3.01. The smallest absolute Gasteiger partial charge is 0.412 e. The van der Waals surface area contributed by atoms with Gasteiger partial charge in [-0.25, -0.2) is 4.79 Å². The number of rotatable bonds is 3. The van der Waals surface area contributed by atoms with Crippen LogP contribution in [0, 0.1) is 0 Å². The van der Waals surface area contributed by atoms with Crippen LogP contribution in [0.1, 0.15) is 26.3 Å². The Bertz CT molecular complexity index is 434. The summed E-state index contributed by atoms with van der Waals surface area (Å²) >= 11 is 0. The molecule has 0 aliphatic heterocycles. The van der Waals surface area contributed by atoms with Crippen LogP contribution in [-0.2, 0) is 4.74 Å². The molecule has 98 valence electrons. The molecule has 0 atom stereocenters. The van der Waals surface area contributed by atoms with Crippen molar-refractivity contribution in [3.63, 3.8) is 0 Å². The van der Waals surface area contributed by atoms with Gasteiger partial charge in [0.25, 0.3) is 0 Å². The van der Waals surface area contributed by atoms with E-state index in [0.29, 0.717) is 12.2 Å². The molecule has 0 fully saturated rings. The van der Waals surface area contributed by atoms with E-state index < -0.39 is 11.7 Å². The minimum Gasteiger partial charge on any atom is -0.444 e. The molecular weight excluding hydrogens is 228 g/mol. The number of hydrogen-bond acceptors (Lipinski definition) is 3. The summed E-state index contributed by atoms with van der Waals surface area (Å²) in [6.45, 7) is 5.97. The van der Waals surface area contributed by atoms with Crippen LogP contribution in [0.5, 0.6) is 0 Å². The molecule has 1 rings (SSSR count). The molecule has 0 saturated heterocycles. The van der Waals surface area contributed by atoms with Crippen molar-refractivity contribution in [2.45, 2.75) is 26.4 Å². The van der Waals surface area contributed by atoms with E-state index in [2.05, 4.69) is 5.32 Å². The Morgan fingerprint density at radius 3 is 2.78 bits per heavy atom. The first kappa shape index (κ1) is 14.3. The summed E-state index contributed by atoms with van der Waals surface area (Å²) < 4.78 is 5.17. The molecule has 0 bridgehead atoms. The Labute approximate surface area is 108 Å². The van der Waals surface area contributed by atoms with Crippen molar-refractivity contribution in [2.24, 2.45) is 5.73 Å². The number of hydrogen-bond donors (Lipinski definition) is 2. The first-order valence-corrected chi connectivity index (χ1v) is 5.87. The second-order valence-corrected chi connectivity index (χ2v) is 4.89. The van der Waals surface area contributed by atoms with Crippen LogP contribution in [0.4, 0.5) is 10.5 Å². The lowest BCUT2D eigenvalue weighted by Gasteiger charge is -2.19. The topological polar surface area (TPSA) is 64.3 Å². The van der Waals surface area contributed by atoms with Crippen molar-refractivity contribution < 1.29 is 9.53 Å². The number of benzene rings is 1. The summed E-state index contributed by atoms with van der Waals surface area (Å²) in [7, 11) is 0. The molecule has 4 nitrogen and oxygen atoms in total. The van der Waals surface area contributed by atoms with Gasteiger partial charge >= 0.3 is 6.09 Å². The quantitative estimate of drug-likeness (QED) is 0.864. The van der Waals surface area contributed by atoms with Gasteiger partial charge < -0.3 is 10.5 Å². The van der Waals surface area contributed by atoms with Crippen LogP contribution in [-0.4, -0.2) is 18.2 Å². The summed E-state index contributed by atoms with van der Waals surface area (Å²) in [5.41, 5.74) is 6.57. The van der Waals surface area contributed by atoms with Gasteiger partial charge in [0.15, 0.2) is 0 Å². The summed E-state index contributed by atoms with van der Waals surface area (Å²) in [6, 6.07) is 7.47. The summed E-state index contributed by atoms with van der Waals surface area (Å²) in [5.74, 6) is 0.